The van der Waals surface area contributed by atoms with Gasteiger partial charge in [0.25, 0.3) is 0 Å². The molecule has 0 rings (SSSR count). The average molecular weight is 398 g/mol. The Morgan fingerprint density at radius 1 is 0.667 bits per heavy atom. The Hall–Kier alpha value is -0.360. The number of hydrogen-bond acceptors (Lipinski definition) is 9. The molecule has 4 unspecified atom stereocenters. The molecule has 0 saturated heterocycles. The summed E-state index contributed by atoms with van der Waals surface area (Å²) in [6.07, 6.45) is -1.79. The zero-order valence-electron chi connectivity index (χ0n) is 17.6. The molecule has 0 aromatic heterocycles. The molecule has 0 aromatic rings. The maximum atomic E-state index is 9.47. The summed E-state index contributed by atoms with van der Waals surface area (Å²) in [6, 6.07) is 0. The first-order chi connectivity index (χ1) is 12.3. The Morgan fingerprint density at radius 2 is 0.889 bits per heavy atom. The van der Waals surface area contributed by atoms with Crippen LogP contribution < -0.4 is 5.73 Å². The van der Waals surface area contributed by atoms with Crippen molar-refractivity contribution in [3.05, 3.63) is 0 Å². The average Bonchev–Trinajstić information content (AvgIpc) is 2.51. The molecule has 4 atom stereocenters. The fourth-order valence-corrected chi connectivity index (χ4v) is 2.34. The van der Waals surface area contributed by atoms with Gasteiger partial charge in [0.2, 0.25) is 0 Å². The number of hydrogen-bond donors (Lipinski definition) is 7. The molecule has 0 radical (unpaired) electrons. The Balaban J connectivity index is 0. The van der Waals surface area contributed by atoms with Crippen molar-refractivity contribution in [1.82, 2.24) is 9.80 Å². The molecule has 0 aliphatic heterocycles. The molecule has 0 aliphatic carbocycles. The number of nitrogens with zero attached hydrogens (tertiary/aromatic N) is 2. The lowest BCUT2D eigenvalue weighted by Crippen LogP contribution is -2.44. The molecule has 0 aliphatic rings. The Labute approximate surface area is 164 Å². The molecular formula is C18H43N3O6. The monoisotopic (exact) mass is 397 g/mol. The van der Waals surface area contributed by atoms with Gasteiger partial charge in [-0.3, -0.25) is 9.80 Å². The van der Waals surface area contributed by atoms with E-state index in [0.29, 0.717) is 39.3 Å². The molecular weight excluding hydrogens is 354 g/mol. The van der Waals surface area contributed by atoms with E-state index in [9.17, 15) is 20.4 Å². The van der Waals surface area contributed by atoms with Gasteiger partial charge >= 0.3 is 0 Å². The molecule has 0 saturated carbocycles. The van der Waals surface area contributed by atoms with Gasteiger partial charge in [0.1, 0.15) is 0 Å². The minimum atomic E-state index is -0.806. The summed E-state index contributed by atoms with van der Waals surface area (Å²) in [5.41, 5.74) is 4.41. The van der Waals surface area contributed by atoms with E-state index in [1.54, 1.807) is 34.6 Å². The van der Waals surface area contributed by atoms with Crippen LogP contribution in [0.1, 0.15) is 34.6 Å². The summed E-state index contributed by atoms with van der Waals surface area (Å²) >= 11 is 0. The van der Waals surface area contributed by atoms with Crippen molar-refractivity contribution in [2.24, 2.45) is 5.73 Å². The van der Waals surface area contributed by atoms with E-state index in [0.717, 1.165) is 0 Å². The van der Waals surface area contributed by atoms with Crippen LogP contribution in [-0.2, 0) is 0 Å². The van der Waals surface area contributed by atoms with Gasteiger partial charge < -0.3 is 36.4 Å². The molecule has 9 heteroatoms. The second-order valence-corrected chi connectivity index (χ2v) is 7.89. The lowest BCUT2D eigenvalue weighted by molar-refractivity contribution is 0.0542. The van der Waals surface area contributed by atoms with Gasteiger partial charge in [-0.1, -0.05) is 0 Å². The third-order valence-corrected chi connectivity index (χ3v) is 3.54. The van der Waals surface area contributed by atoms with E-state index >= 15 is 0 Å². The van der Waals surface area contributed by atoms with Gasteiger partial charge in [0, 0.05) is 39.3 Å². The van der Waals surface area contributed by atoms with E-state index in [4.69, 9.17) is 15.9 Å². The van der Waals surface area contributed by atoms with Crippen LogP contribution in [0.3, 0.4) is 0 Å². The van der Waals surface area contributed by atoms with E-state index in [1.165, 1.54) is 0 Å². The van der Waals surface area contributed by atoms with Crippen LogP contribution in [0, 0.1) is 0 Å². The second-order valence-electron chi connectivity index (χ2n) is 7.89. The van der Waals surface area contributed by atoms with Crippen LogP contribution in [0.2, 0.25) is 0 Å². The van der Waals surface area contributed by atoms with Crippen molar-refractivity contribution in [1.29, 1.82) is 0 Å². The molecule has 166 valence electrons. The first kappa shape index (κ1) is 28.8. The van der Waals surface area contributed by atoms with Crippen molar-refractivity contribution in [2.75, 3.05) is 52.5 Å². The molecule has 27 heavy (non-hydrogen) atoms. The standard InChI is InChI=1S/C14H32N2O4.C4H11NO2/c1-11(17)7-15(8-12(2)18)5-6-16(9-13(3)19)10-14(4)20;1-4(5,2-6)3-7/h11-14,17-20H,5-10H2,1-4H3;6-7H,2-3,5H2,1H3. The van der Waals surface area contributed by atoms with Gasteiger partial charge in [-0.2, -0.15) is 0 Å². The first-order valence-electron chi connectivity index (χ1n) is 9.50. The summed E-state index contributed by atoms with van der Waals surface area (Å²) in [5, 5.41) is 54.5. The highest BCUT2D eigenvalue weighted by atomic mass is 16.3. The third-order valence-electron chi connectivity index (χ3n) is 3.54. The van der Waals surface area contributed by atoms with E-state index in [2.05, 4.69) is 0 Å². The van der Waals surface area contributed by atoms with E-state index in [-0.39, 0.29) is 13.2 Å². The van der Waals surface area contributed by atoms with E-state index in [1.807, 2.05) is 9.80 Å². The quantitative estimate of drug-likeness (QED) is 0.183. The first-order valence-corrected chi connectivity index (χ1v) is 9.50. The number of aliphatic hydroxyl groups is 6. The maximum absolute atomic E-state index is 9.47. The summed E-state index contributed by atoms with van der Waals surface area (Å²) < 4.78 is 0. The number of nitrogens with two attached hydrogens (primary N) is 1. The van der Waals surface area contributed by atoms with Gasteiger partial charge in [-0.05, 0) is 34.6 Å². The number of rotatable bonds is 13. The summed E-state index contributed by atoms with van der Waals surface area (Å²) in [5.74, 6) is 0. The van der Waals surface area contributed by atoms with Crippen LogP contribution in [0.25, 0.3) is 0 Å². The fraction of sp³-hybridized carbons (Fsp3) is 1.00. The smallest absolute Gasteiger partial charge is 0.0639 e. The lowest BCUT2D eigenvalue weighted by Gasteiger charge is -2.30. The van der Waals surface area contributed by atoms with Crippen LogP contribution in [0.5, 0.6) is 0 Å². The van der Waals surface area contributed by atoms with Crippen molar-refractivity contribution in [3.63, 3.8) is 0 Å². The minimum absolute atomic E-state index is 0.177. The Kier molecular flexibility index (Phi) is 16.6. The van der Waals surface area contributed by atoms with Crippen molar-refractivity contribution in [3.8, 4) is 0 Å². The van der Waals surface area contributed by atoms with Crippen molar-refractivity contribution < 1.29 is 30.6 Å². The van der Waals surface area contributed by atoms with Crippen LogP contribution in [-0.4, -0.2) is 123 Å². The Morgan fingerprint density at radius 3 is 1.00 bits per heavy atom. The third kappa shape index (κ3) is 20.2. The largest absolute Gasteiger partial charge is 0.394 e. The molecule has 0 fully saturated rings. The number of aliphatic hydroxyl groups excluding tert-OH is 6. The van der Waals surface area contributed by atoms with Crippen molar-refractivity contribution >= 4 is 0 Å². The molecule has 9 nitrogen and oxygen atoms in total. The van der Waals surface area contributed by atoms with Crippen LogP contribution in [0.15, 0.2) is 0 Å². The zero-order chi connectivity index (χ0) is 21.6. The molecule has 8 N–H and O–H groups in total. The SMILES string of the molecule is CC(N)(CO)CO.CC(O)CN(CCN(CC(C)O)CC(C)O)CC(C)O. The predicted molar refractivity (Wildman–Crippen MR) is 106 cm³/mol. The molecule has 0 amide bonds. The normalized spacial score (nSPS) is 16.7. The molecule has 0 spiro atoms. The minimum Gasteiger partial charge on any atom is -0.394 e. The topological polar surface area (TPSA) is 154 Å². The van der Waals surface area contributed by atoms with Gasteiger partial charge in [-0.15, -0.1) is 0 Å². The van der Waals surface area contributed by atoms with Gasteiger partial charge in [0.15, 0.2) is 0 Å². The van der Waals surface area contributed by atoms with Crippen LogP contribution in [0.4, 0.5) is 0 Å². The second kappa shape index (κ2) is 15.5. The van der Waals surface area contributed by atoms with E-state index < -0.39 is 30.0 Å². The lowest BCUT2D eigenvalue weighted by atomic mass is 10.1. The molecule has 0 aromatic carbocycles. The highest BCUT2D eigenvalue weighted by Gasteiger charge is 2.15. The maximum Gasteiger partial charge on any atom is 0.0639 e. The van der Waals surface area contributed by atoms with Gasteiger partial charge in [0.05, 0.1) is 43.2 Å². The van der Waals surface area contributed by atoms with Crippen molar-refractivity contribution in [2.45, 2.75) is 64.6 Å². The molecule has 0 heterocycles. The summed E-state index contributed by atoms with van der Waals surface area (Å²) in [7, 11) is 0. The highest BCUT2D eigenvalue weighted by Crippen LogP contribution is 2.00. The Bertz CT molecular complexity index is 291. The van der Waals surface area contributed by atoms with Gasteiger partial charge in [-0.25, -0.2) is 0 Å². The highest BCUT2D eigenvalue weighted by molar-refractivity contribution is 4.74. The zero-order valence-corrected chi connectivity index (χ0v) is 17.6. The molecule has 0 bridgehead atoms. The fourth-order valence-electron chi connectivity index (χ4n) is 2.34. The summed E-state index contributed by atoms with van der Waals surface area (Å²) in [4.78, 5) is 3.98. The predicted octanol–water partition coefficient (Wildman–Crippen LogP) is -2.20. The summed E-state index contributed by atoms with van der Waals surface area (Å²) in [6.45, 7) is 11.5. The van der Waals surface area contributed by atoms with Crippen LogP contribution >= 0.6 is 0 Å².